The number of halogens is 5. The highest BCUT2D eigenvalue weighted by Gasteiger charge is 2.64. The molecular formula is C12H13F5N2OS. The van der Waals surface area contributed by atoms with Crippen LogP contribution in [0.4, 0.5) is 22.0 Å². The Labute approximate surface area is 121 Å². The zero-order chi connectivity index (χ0) is 15.7. The van der Waals surface area contributed by atoms with Gasteiger partial charge < -0.3 is 4.90 Å². The van der Waals surface area contributed by atoms with Gasteiger partial charge in [-0.3, -0.25) is 9.69 Å². The van der Waals surface area contributed by atoms with Gasteiger partial charge in [-0.1, -0.05) is 6.07 Å². The third kappa shape index (κ3) is 3.52. The largest absolute Gasteiger partial charge is 0.463 e. The first-order valence-corrected chi connectivity index (χ1v) is 7.08. The molecule has 1 aliphatic heterocycles. The number of hydrogen-bond acceptors (Lipinski definition) is 3. The number of alkyl halides is 5. The number of hydrogen-bond donors (Lipinski definition) is 0. The van der Waals surface area contributed by atoms with Crippen LogP contribution in [-0.4, -0.2) is 54.0 Å². The van der Waals surface area contributed by atoms with Gasteiger partial charge in [-0.25, -0.2) is 0 Å². The molecule has 2 rings (SSSR count). The molecule has 1 aliphatic rings. The first kappa shape index (κ1) is 16.2. The fourth-order valence-corrected chi connectivity index (χ4v) is 2.80. The molecular weight excluding hydrogens is 315 g/mol. The molecule has 1 aromatic rings. The summed E-state index contributed by atoms with van der Waals surface area (Å²) >= 11 is 1.54. The van der Waals surface area contributed by atoms with E-state index in [1.165, 1.54) is 0 Å². The van der Waals surface area contributed by atoms with Crippen molar-refractivity contribution in [2.75, 3.05) is 26.2 Å². The maximum Gasteiger partial charge on any atom is 0.463 e. The van der Waals surface area contributed by atoms with E-state index in [4.69, 9.17) is 0 Å². The summed E-state index contributed by atoms with van der Waals surface area (Å²) in [6, 6.07) is 3.80. The summed E-state index contributed by atoms with van der Waals surface area (Å²) < 4.78 is 62.4. The average Bonchev–Trinajstić information content (AvgIpc) is 2.90. The topological polar surface area (TPSA) is 23.6 Å². The van der Waals surface area contributed by atoms with Crippen molar-refractivity contribution >= 4 is 17.2 Å². The van der Waals surface area contributed by atoms with Crippen molar-refractivity contribution in [3.63, 3.8) is 0 Å². The molecule has 0 unspecified atom stereocenters. The van der Waals surface area contributed by atoms with Gasteiger partial charge in [0.2, 0.25) is 0 Å². The van der Waals surface area contributed by atoms with Crippen LogP contribution in [0.25, 0.3) is 0 Å². The first-order valence-electron chi connectivity index (χ1n) is 6.20. The number of thiophene rings is 1. The van der Waals surface area contributed by atoms with Crippen molar-refractivity contribution in [2.24, 2.45) is 0 Å². The van der Waals surface area contributed by atoms with Crippen molar-refractivity contribution in [3.8, 4) is 0 Å². The molecule has 0 bridgehead atoms. The molecule has 2 heterocycles. The first-order chi connectivity index (χ1) is 9.72. The van der Waals surface area contributed by atoms with Gasteiger partial charge in [0.05, 0.1) is 0 Å². The second-order valence-electron chi connectivity index (χ2n) is 4.72. The number of carbonyl (C=O) groups excluding carboxylic acids is 1. The van der Waals surface area contributed by atoms with Gasteiger partial charge in [-0.05, 0) is 11.4 Å². The molecule has 0 N–H and O–H groups in total. The Morgan fingerprint density at radius 1 is 1.14 bits per heavy atom. The molecule has 1 saturated heterocycles. The van der Waals surface area contributed by atoms with Crippen LogP contribution in [0.2, 0.25) is 0 Å². The van der Waals surface area contributed by atoms with E-state index >= 15 is 0 Å². The molecule has 0 spiro atoms. The van der Waals surface area contributed by atoms with Crippen LogP contribution in [0.3, 0.4) is 0 Å². The molecule has 0 saturated carbocycles. The smallest absolute Gasteiger partial charge is 0.335 e. The molecule has 0 radical (unpaired) electrons. The number of amides is 1. The number of carbonyl (C=O) groups is 1. The molecule has 0 atom stereocenters. The van der Waals surface area contributed by atoms with E-state index < -0.39 is 18.0 Å². The Morgan fingerprint density at radius 2 is 1.76 bits per heavy atom. The van der Waals surface area contributed by atoms with Gasteiger partial charge >= 0.3 is 18.0 Å². The van der Waals surface area contributed by atoms with Gasteiger partial charge in [-0.15, -0.1) is 11.3 Å². The highest BCUT2D eigenvalue weighted by Crippen LogP contribution is 2.37. The lowest BCUT2D eigenvalue weighted by atomic mass is 10.2. The maximum absolute atomic E-state index is 13.0. The van der Waals surface area contributed by atoms with Crippen LogP contribution in [0.15, 0.2) is 17.5 Å². The lowest BCUT2D eigenvalue weighted by Crippen LogP contribution is -2.57. The van der Waals surface area contributed by atoms with Crippen LogP contribution < -0.4 is 0 Å². The summed E-state index contributed by atoms with van der Waals surface area (Å²) in [6.45, 7) is 0.899. The number of piperazine rings is 1. The SMILES string of the molecule is O=C(N1CCN(Cc2cccs2)CC1)C(F)(F)C(F)(F)F. The van der Waals surface area contributed by atoms with Crippen molar-refractivity contribution in [2.45, 2.75) is 18.6 Å². The molecule has 1 fully saturated rings. The van der Waals surface area contributed by atoms with E-state index in [2.05, 4.69) is 0 Å². The van der Waals surface area contributed by atoms with Gasteiger partial charge in [0.25, 0.3) is 0 Å². The second kappa shape index (κ2) is 5.88. The van der Waals surface area contributed by atoms with E-state index in [1.54, 1.807) is 11.3 Å². The summed E-state index contributed by atoms with van der Waals surface area (Å²) in [5, 5.41) is 1.90. The van der Waals surface area contributed by atoms with Crippen molar-refractivity contribution in [1.29, 1.82) is 0 Å². The molecule has 9 heteroatoms. The van der Waals surface area contributed by atoms with Gasteiger partial charge in [0.1, 0.15) is 0 Å². The quantitative estimate of drug-likeness (QED) is 0.797. The van der Waals surface area contributed by atoms with Crippen molar-refractivity contribution in [3.05, 3.63) is 22.4 Å². The zero-order valence-corrected chi connectivity index (χ0v) is 11.7. The zero-order valence-electron chi connectivity index (χ0n) is 10.9. The van der Waals surface area contributed by atoms with Crippen LogP contribution in [0.1, 0.15) is 4.88 Å². The summed E-state index contributed by atoms with van der Waals surface area (Å²) in [6.07, 6.45) is -5.85. The molecule has 0 aromatic carbocycles. The van der Waals surface area contributed by atoms with E-state index in [-0.39, 0.29) is 26.2 Å². The number of rotatable bonds is 3. The maximum atomic E-state index is 13.0. The lowest BCUT2D eigenvalue weighted by Gasteiger charge is -2.36. The number of nitrogens with zero attached hydrogens (tertiary/aromatic N) is 2. The van der Waals surface area contributed by atoms with Crippen molar-refractivity contribution < 1.29 is 26.7 Å². The van der Waals surface area contributed by atoms with E-state index in [1.807, 2.05) is 22.4 Å². The average molecular weight is 328 g/mol. The summed E-state index contributed by atoms with van der Waals surface area (Å²) in [4.78, 5) is 14.9. The Balaban J connectivity index is 1.90. The highest BCUT2D eigenvalue weighted by molar-refractivity contribution is 7.09. The predicted molar refractivity (Wildman–Crippen MR) is 67.2 cm³/mol. The fourth-order valence-electron chi connectivity index (χ4n) is 2.05. The Kier molecular flexibility index (Phi) is 4.52. The standard InChI is InChI=1S/C12H13F5N2OS/c13-11(14,12(15,16)17)10(20)19-5-3-18(4-6-19)8-9-2-1-7-21-9/h1-2,7H,3-6,8H2. The van der Waals surface area contributed by atoms with Crippen LogP contribution in [0, 0.1) is 0 Å². The third-order valence-electron chi connectivity index (χ3n) is 3.24. The fraction of sp³-hybridized carbons (Fsp3) is 0.583. The minimum absolute atomic E-state index is 0.129. The Bertz CT molecular complexity index is 480. The van der Waals surface area contributed by atoms with Crippen LogP contribution in [0.5, 0.6) is 0 Å². The van der Waals surface area contributed by atoms with E-state index in [9.17, 15) is 26.7 Å². The molecule has 1 aromatic heterocycles. The highest BCUT2D eigenvalue weighted by atomic mass is 32.1. The lowest BCUT2D eigenvalue weighted by molar-refractivity contribution is -0.274. The monoisotopic (exact) mass is 328 g/mol. The molecule has 21 heavy (non-hydrogen) atoms. The van der Waals surface area contributed by atoms with Gasteiger partial charge in [-0.2, -0.15) is 22.0 Å². The summed E-state index contributed by atoms with van der Waals surface area (Å²) in [5.41, 5.74) is 0. The predicted octanol–water partition coefficient (Wildman–Crippen LogP) is 2.59. The summed E-state index contributed by atoms with van der Waals surface area (Å²) in [7, 11) is 0. The van der Waals surface area contributed by atoms with Crippen molar-refractivity contribution in [1.82, 2.24) is 9.80 Å². The van der Waals surface area contributed by atoms with Gasteiger partial charge in [0, 0.05) is 37.6 Å². The Hall–Kier alpha value is -1.22. The second-order valence-corrected chi connectivity index (χ2v) is 5.75. The minimum atomic E-state index is -5.85. The molecule has 3 nitrogen and oxygen atoms in total. The minimum Gasteiger partial charge on any atom is -0.335 e. The van der Waals surface area contributed by atoms with Crippen LogP contribution >= 0.6 is 11.3 Å². The molecule has 1 amide bonds. The van der Waals surface area contributed by atoms with E-state index in [0.717, 1.165) is 4.88 Å². The Morgan fingerprint density at radius 3 is 2.24 bits per heavy atom. The summed E-state index contributed by atoms with van der Waals surface area (Å²) in [5.74, 6) is -7.48. The van der Waals surface area contributed by atoms with Crippen LogP contribution in [-0.2, 0) is 11.3 Å². The van der Waals surface area contributed by atoms with E-state index in [0.29, 0.717) is 11.4 Å². The third-order valence-corrected chi connectivity index (χ3v) is 4.10. The normalized spacial score (nSPS) is 18.0. The molecule has 118 valence electrons. The van der Waals surface area contributed by atoms with Gasteiger partial charge in [0.15, 0.2) is 0 Å². The molecule has 0 aliphatic carbocycles.